The van der Waals surface area contributed by atoms with Crippen molar-refractivity contribution in [1.29, 1.82) is 0 Å². The Kier molecular flexibility index (Phi) is 3.91. The lowest BCUT2D eigenvalue weighted by Crippen LogP contribution is -2.27. The van der Waals surface area contributed by atoms with Gasteiger partial charge in [0, 0.05) is 18.7 Å². The normalized spacial score (nSPS) is 10.0. The van der Waals surface area contributed by atoms with Crippen LogP contribution in [0.3, 0.4) is 0 Å². The van der Waals surface area contributed by atoms with Crippen molar-refractivity contribution in [1.82, 2.24) is 5.32 Å². The van der Waals surface area contributed by atoms with Crippen LogP contribution in [0.4, 0.5) is 0 Å². The molecule has 0 saturated carbocycles. The lowest BCUT2D eigenvalue weighted by molar-refractivity contribution is -0.605. The number of benzene rings is 1. The fourth-order valence-corrected chi connectivity index (χ4v) is 1.61. The molecule has 0 radical (unpaired) electrons. The van der Waals surface area contributed by atoms with Crippen molar-refractivity contribution in [3.05, 3.63) is 71.2 Å². The minimum Gasteiger partial charge on any atom is -0.619 e. The highest BCUT2D eigenvalue weighted by atomic mass is 16.5. The third-order valence-corrected chi connectivity index (χ3v) is 2.57. The molecule has 0 aliphatic rings. The highest BCUT2D eigenvalue weighted by Crippen LogP contribution is 2.00. The first kappa shape index (κ1) is 12.1. The van der Waals surface area contributed by atoms with E-state index in [2.05, 4.69) is 5.32 Å². The SMILES string of the molecule is O=C(Cc1ccccc1)NCc1cc[n+]([O-])cc1. The number of carbonyl (C=O) groups excluding carboxylic acids is 1. The summed E-state index contributed by atoms with van der Waals surface area (Å²) >= 11 is 0. The number of aromatic nitrogens is 1. The van der Waals surface area contributed by atoms with Gasteiger partial charge in [-0.1, -0.05) is 30.3 Å². The second kappa shape index (κ2) is 5.82. The van der Waals surface area contributed by atoms with Crippen LogP contribution < -0.4 is 10.0 Å². The molecule has 0 saturated heterocycles. The average Bonchev–Trinajstić information content (AvgIpc) is 2.39. The Hall–Kier alpha value is -2.36. The Balaban J connectivity index is 1.83. The molecule has 4 heteroatoms. The summed E-state index contributed by atoms with van der Waals surface area (Å²) in [7, 11) is 0. The fraction of sp³-hybridized carbons (Fsp3) is 0.143. The largest absolute Gasteiger partial charge is 0.619 e. The van der Waals surface area contributed by atoms with Gasteiger partial charge in [-0.15, -0.1) is 0 Å². The zero-order valence-electron chi connectivity index (χ0n) is 9.87. The molecule has 2 aromatic rings. The van der Waals surface area contributed by atoms with E-state index in [1.54, 1.807) is 12.1 Å². The van der Waals surface area contributed by atoms with Gasteiger partial charge < -0.3 is 10.5 Å². The standard InChI is InChI=1S/C14H14N2O2/c17-14(10-12-4-2-1-3-5-12)15-11-13-6-8-16(18)9-7-13/h1-9H,10-11H2,(H,15,17). The van der Waals surface area contributed by atoms with Gasteiger partial charge in [0.05, 0.1) is 6.42 Å². The molecule has 0 unspecified atom stereocenters. The molecular weight excluding hydrogens is 228 g/mol. The van der Waals surface area contributed by atoms with Crippen LogP contribution in [0.5, 0.6) is 0 Å². The van der Waals surface area contributed by atoms with Gasteiger partial charge in [0.2, 0.25) is 5.91 Å². The third-order valence-electron chi connectivity index (χ3n) is 2.57. The molecular formula is C14H14N2O2. The summed E-state index contributed by atoms with van der Waals surface area (Å²) in [6.45, 7) is 0.437. The van der Waals surface area contributed by atoms with Gasteiger partial charge >= 0.3 is 0 Å². The molecule has 92 valence electrons. The van der Waals surface area contributed by atoms with Crippen LogP contribution >= 0.6 is 0 Å². The molecule has 1 amide bonds. The Morgan fingerprint density at radius 2 is 1.72 bits per heavy atom. The van der Waals surface area contributed by atoms with Crippen LogP contribution in [0.15, 0.2) is 54.9 Å². The number of amides is 1. The monoisotopic (exact) mass is 242 g/mol. The Morgan fingerprint density at radius 3 is 2.39 bits per heavy atom. The van der Waals surface area contributed by atoms with Gasteiger partial charge in [-0.3, -0.25) is 4.79 Å². The first-order chi connectivity index (χ1) is 8.74. The van der Waals surface area contributed by atoms with Crippen LogP contribution in [0.25, 0.3) is 0 Å². The smallest absolute Gasteiger partial charge is 0.224 e. The molecule has 4 nitrogen and oxygen atoms in total. The summed E-state index contributed by atoms with van der Waals surface area (Å²) in [4.78, 5) is 11.7. The molecule has 0 aliphatic carbocycles. The van der Waals surface area contributed by atoms with E-state index in [1.165, 1.54) is 12.4 Å². The molecule has 1 aromatic heterocycles. The van der Waals surface area contributed by atoms with Crippen molar-refractivity contribution < 1.29 is 9.52 Å². The zero-order valence-corrected chi connectivity index (χ0v) is 9.87. The summed E-state index contributed by atoms with van der Waals surface area (Å²) in [5, 5.41) is 13.6. The lowest BCUT2D eigenvalue weighted by Gasteiger charge is -2.05. The number of nitrogens with zero attached hydrogens (tertiary/aromatic N) is 1. The maximum absolute atomic E-state index is 11.7. The number of hydrogen-bond acceptors (Lipinski definition) is 2. The molecule has 18 heavy (non-hydrogen) atoms. The molecule has 1 heterocycles. The lowest BCUT2D eigenvalue weighted by atomic mass is 10.1. The van der Waals surface area contributed by atoms with Crippen molar-refractivity contribution in [3.8, 4) is 0 Å². The molecule has 2 rings (SSSR count). The van der Waals surface area contributed by atoms with Gasteiger partial charge in [-0.2, -0.15) is 4.73 Å². The van der Waals surface area contributed by atoms with Crippen molar-refractivity contribution in [2.75, 3.05) is 0 Å². The molecule has 0 aliphatic heterocycles. The summed E-state index contributed by atoms with van der Waals surface area (Å²) in [5.41, 5.74) is 1.89. The Morgan fingerprint density at radius 1 is 1.06 bits per heavy atom. The van der Waals surface area contributed by atoms with E-state index in [1.807, 2.05) is 30.3 Å². The number of nitrogens with one attached hydrogen (secondary N) is 1. The number of pyridine rings is 1. The van der Waals surface area contributed by atoms with E-state index in [0.717, 1.165) is 15.9 Å². The highest BCUT2D eigenvalue weighted by Gasteiger charge is 2.03. The second-order valence-electron chi connectivity index (χ2n) is 4.01. The minimum atomic E-state index is -0.0277. The van der Waals surface area contributed by atoms with Gasteiger partial charge in [0.25, 0.3) is 0 Å². The van der Waals surface area contributed by atoms with Gasteiger partial charge in [0.15, 0.2) is 12.4 Å². The Bertz CT molecular complexity index is 509. The van der Waals surface area contributed by atoms with Crippen LogP contribution in [-0.2, 0) is 17.8 Å². The van der Waals surface area contributed by atoms with Crippen molar-refractivity contribution in [3.63, 3.8) is 0 Å². The maximum Gasteiger partial charge on any atom is 0.224 e. The summed E-state index contributed by atoms with van der Waals surface area (Å²) in [6.07, 6.45) is 3.20. The quantitative estimate of drug-likeness (QED) is 0.646. The van der Waals surface area contributed by atoms with Crippen LogP contribution in [0.1, 0.15) is 11.1 Å². The topological polar surface area (TPSA) is 56.0 Å². The number of rotatable bonds is 4. The van der Waals surface area contributed by atoms with Crippen molar-refractivity contribution in [2.24, 2.45) is 0 Å². The highest BCUT2D eigenvalue weighted by molar-refractivity contribution is 5.78. The minimum absolute atomic E-state index is 0.0277. The molecule has 0 fully saturated rings. The van der Waals surface area contributed by atoms with E-state index in [0.29, 0.717) is 13.0 Å². The number of hydrogen-bond donors (Lipinski definition) is 1. The van der Waals surface area contributed by atoms with Crippen molar-refractivity contribution >= 4 is 5.91 Å². The molecule has 1 aromatic carbocycles. The third kappa shape index (κ3) is 3.59. The number of carbonyl (C=O) groups is 1. The fourth-order valence-electron chi connectivity index (χ4n) is 1.61. The zero-order chi connectivity index (χ0) is 12.8. The average molecular weight is 242 g/mol. The summed E-state index contributed by atoms with van der Waals surface area (Å²) < 4.78 is 0.718. The van der Waals surface area contributed by atoms with Gasteiger partial charge in [0.1, 0.15) is 0 Å². The Labute approximate surface area is 105 Å². The molecule has 0 bridgehead atoms. The molecule has 0 atom stereocenters. The van der Waals surface area contributed by atoms with Crippen LogP contribution in [0, 0.1) is 5.21 Å². The predicted octanol–water partition coefficient (Wildman–Crippen LogP) is 1.18. The first-order valence-electron chi connectivity index (χ1n) is 5.72. The van der Waals surface area contributed by atoms with E-state index in [-0.39, 0.29) is 5.91 Å². The van der Waals surface area contributed by atoms with E-state index < -0.39 is 0 Å². The first-order valence-corrected chi connectivity index (χ1v) is 5.72. The molecule has 0 spiro atoms. The molecule has 1 N–H and O–H groups in total. The summed E-state index contributed by atoms with van der Waals surface area (Å²) in [6, 6.07) is 13.0. The second-order valence-corrected chi connectivity index (χ2v) is 4.01. The maximum atomic E-state index is 11.7. The predicted molar refractivity (Wildman–Crippen MR) is 67.4 cm³/mol. The van der Waals surface area contributed by atoms with Crippen LogP contribution in [-0.4, -0.2) is 5.91 Å². The van der Waals surface area contributed by atoms with E-state index >= 15 is 0 Å². The van der Waals surface area contributed by atoms with Crippen molar-refractivity contribution in [2.45, 2.75) is 13.0 Å². The van der Waals surface area contributed by atoms with Gasteiger partial charge in [-0.25, -0.2) is 0 Å². The van der Waals surface area contributed by atoms with Crippen LogP contribution in [0.2, 0.25) is 0 Å². The van der Waals surface area contributed by atoms with E-state index in [9.17, 15) is 10.0 Å². The summed E-state index contributed by atoms with van der Waals surface area (Å²) in [5.74, 6) is -0.0277. The van der Waals surface area contributed by atoms with Gasteiger partial charge in [-0.05, 0) is 11.1 Å². The van der Waals surface area contributed by atoms with E-state index in [4.69, 9.17) is 0 Å².